The van der Waals surface area contributed by atoms with E-state index in [4.69, 9.17) is 0 Å². The molecular formula is C17H16BrF2NO2. The van der Waals surface area contributed by atoms with E-state index in [0.717, 1.165) is 15.6 Å². The Kier molecular flexibility index (Phi) is 6.10. The quantitative estimate of drug-likeness (QED) is 0.745. The monoisotopic (exact) mass is 383 g/mol. The van der Waals surface area contributed by atoms with Gasteiger partial charge in [0, 0.05) is 18.1 Å². The predicted octanol–water partition coefficient (Wildman–Crippen LogP) is 4.25. The number of benzene rings is 2. The molecule has 0 saturated heterocycles. The maximum Gasteiger partial charge on any atom is 0.387 e. The Morgan fingerprint density at radius 3 is 2.43 bits per heavy atom. The molecule has 0 atom stereocenters. The third kappa shape index (κ3) is 5.32. The van der Waals surface area contributed by atoms with Crippen LogP contribution in [0.4, 0.5) is 8.78 Å². The molecule has 0 bridgehead atoms. The number of hydrogen-bond acceptors (Lipinski definition) is 2. The summed E-state index contributed by atoms with van der Waals surface area (Å²) in [6.45, 7) is -2.36. The molecule has 0 aromatic heterocycles. The van der Waals surface area contributed by atoms with Crippen LogP contribution in [0.3, 0.4) is 0 Å². The van der Waals surface area contributed by atoms with Gasteiger partial charge >= 0.3 is 6.61 Å². The van der Waals surface area contributed by atoms with Crippen LogP contribution in [0.2, 0.25) is 0 Å². The van der Waals surface area contributed by atoms with E-state index in [0.29, 0.717) is 6.54 Å². The van der Waals surface area contributed by atoms with Crippen molar-refractivity contribution >= 4 is 21.8 Å². The first-order valence-electron chi connectivity index (χ1n) is 6.97. The molecule has 0 radical (unpaired) electrons. The van der Waals surface area contributed by atoms with E-state index in [9.17, 15) is 13.6 Å². The number of halogens is 3. The van der Waals surface area contributed by atoms with E-state index in [2.05, 4.69) is 20.7 Å². The van der Waals surface area contributed by atoms with Gasteiger partial charge in [0.15, 0.2) is 0 Å². The Hall–Kier alpha value is -1.95. The van der Waals surface area contributed by atoms with Crippen LogP contribution in [0.1, 0.15) is 11.1 Å². The van der Waals surface area contributed by atoms with Crippen LogP contribution < -0.4 is 4.74 Å². The summed E-state index contributed by atoms with van der Waals surface area (Å²) in [6.07, 6.45) is 0.204. The molecule has 0 aliphatic rings. The van der Waals surface area contributed by atoms with Crippen molar-refractivity contribution in [3.8, 4) is 5.75 Å². The molecule has 3 nitrogen and oxygen atoms in total. The third-order valence-electron chi connectivity index (χ3n) is 3.29. The fourth-order valence-electron chi connectivity index (χ4n) is 2.07. The second-order valence-corrected chi connectivity index (χ2v) is 5.89. The molecule has 0 aliphatic heterocycles. The fraction of sp³-hybridized carbons (Fsp3) is 0.235. The maximum atomic E-state index is 12.3. The molecule has 0 spiro atoms. The molecule has 6 heteroatoms. The molecular weight excluding hydrogens is 368 g/mol. The van der Waals surface area contributed by atoms with Crippen LogP contribution in [0.15, 0.2) is 53.0 Å². The Morgan fingerprint density at radius 2 is 1.83 bits per heavy atom. The zero-order valence-corrected chi connectivity index (χ0v) is 14.1. The van der Waals surface area contributed by atoms with Crippen molar-refractivity contribution in [2.75, 3.05) is 7.05 Å². The first kappa shape index (κ1) is 17.4. The lowest BCUT2D eigenvalue weighted by Crippen LogP contribution is -2.27. The summed E-state index contributed by atoms with van der Waals surface area (Å²) in [5, 5.41) is 0. The van der Waals surface area contributed by atoms with E-state index >= 15 is 0 Å². The maximum absolute atomic E-state index is 12.3. The number of carbonyl (C=O) groups excluding carboxylic acids is 1. The molecule has 1 amide bonds. The molecule has 2 rings (SSSR count). The number of amides is 1. The average molecular weight is 384 g/mol. The topological polar surface area (TPSA) is 29.5 Å². The highest BCUT2D eigenvalue weighted by molar-refractivity contribution is 9.10. The minimum atomic E-state index is -2.85. The van der Waals surface area contributed by atoms with Gasteiger partial charge in [-0.05, 0) is 29.3 Å². The number of alkyl halides is 2. The lowest BCUT2D eigenvalue weighted by Gasteiger charge is -2.18. The number of likely N-dealkylation sites (N-methyl/N-ethyl adjacent to an activating group) is 1. The Bertz CT molecular complexity index is 662. The van der Waals surface area contributed by atoms with Crippen molar-refractivity contribution in [3.05, 3.63) is 64.1 Å². The lowest BCUT2D eigenvalue weighted by molar-refractivity contribution is -0.129. The second-order valence-electron chi connectivity index (χ2n) is 5.04. The highest BCUT2D eigenvalue weighted by Gasteiger charge is 2.12. The van der Waals surface area contributed by atoms with Crippen molar-refractivity contribution in [2.45, 2.75) is 19.6 Å². The molecule has 0 unspecified atom stereocenters. The van der Waals surface area contributed by atoms with Gasteiger partial charge in [0.1, 0.15) is 5.75 Å². The summed E-state index contributed by atoms with van der Waals surface area (Å²) in [5.74, 6) is 0.0288. The Balaban J connectivity index is 1.94. The number of ether oxygens (including phenoxy) is 1. The molecule has 0 heterocycles. The second kappa shape index (κ2) is 8.06. The van der Waals surface area contributed by atoms with Crippen LogP contribution >= 0.6 is 15.9 Å². The highest BCUT2D eigenvalue weighted by Crippen LogP contribution is 2.18. The van der Waals surface area contributed by atoms with Gasteiger partial charge in [-0.15, -0.1) is 0 Å². The molecule has 23 heavy (non-hydrogen) atoms. The minimum Gasteiger partial charge on any atom is -0.435 e. The lowest BCUT2D eigenvalue weighted by atomic mass is 10.1. The van der Waals surface area contributed by atoms with Gasteiger partial charge in [0.05, 0.1) is 6.42 Å². The molecule has 2 aromatic carbocycles. The number of nitrogens with zero attached hydrogens (tertiary/aromatic N) is 1. The van der Waals surface area contributed by atoms with Gasteiger partial charge in [-0.25, -0.2) is 0 Å². The third-order valence-corrected chi connectivity index (χ3v) is 4.07. The van der Waals surface area contributed by atoms with E-state index in [1.54, 1.807) is 24.1 Å². The van der Waals surface area contributed by atoms with Crippen molar-refractivity contribution < 1.29 is 18.3 Å². The van der Waals surface area contributed by atoms with Crippen LogP contribution in [0, 0.1) is 0 Å². The van der Waals surface area contributed by atoms with Gasteiger partial charge in [-0.3, -0.25) is 4.79 Å². The molecule has 0 N–H and O–H groups in total. The van der Waals surface area contributed by atoms with Gasteiger partial charge in [-0.2, -0.15) is 8.78 Å². The van der Waals surface area contributed by atoms with Crippen molar-refractivity contribution in [3.63, 3.8) is 0 Å². The molecule has 0 aliphatic carbocycles. The summed E-state index contributed by atoms with van der Waals surface area (Å²) in [4.78, 5) is 13.9. The first-order valence-corrected chi connectivity index (χ1v) is 7.76. The summed E-state index contributed by atoms with van der Waals surface area (Å²) < 4.78 is 29.4. The summed E-state index contributed by atoms with van der Waals surface area (Å²) in [5.41, 5.74) is 1.76. The summed E-state index contributed by atoms with van der Waals surface area (Å²) in [6, 6.07) is 13.8. The van der Waals surface area contributed by atoms with Crippen LogP contribution in [-0.4, -0.2) is 24.5 Å². The van der Waals surface area contributed by atoms with Crippen molar-refractivity contribution in [2.24, 2.45) is 0 Å². The normalized spacial score (nSPS) is 10.7. The molecule has 2 aromatic rings. The van der Waals surface area contributed by atoms with E-state index < -0.39 is 6.61 Å². The SMILES string of the molecule is CN(Cc1ccccc1Br)C(=O)Cc1ccc(OC(F)F)cc1. The minimum absolute atomic E-state index is 0.0525. The van der Waals surface area contributed by atoms with Gasteiger partial charge in [0.2, 0.25) is 5.91 Å². The van der Waals surface area contributed by atoms with E-state index in [1.165, 1.54) is 12.1 Å². The van der Waals surface area contributed by atoms with E-state index in [-0.39, 0.29) is 18.1 Å². The number of rotatable bonds is 6. The molecule has 0 fully saturated rings. The summed E-state index contributed by atoms with van der Waals surface area (Å²) in [7, 11) is 1.73. The van der Waals surface area contributed by atoms with Gasteiger partial charge in [-0.1, -0.05) is 46.3 Å². The van der Waals surface area contributed by atoms with E-state index in [1.807, 2.05) is 24.3 Å². The van der Waals surface area contributed by atoms with Crippen molar-refractivity contribution in [1.82, 2.24) is 4.90 Å². The highest BCUT2D eigenvalue weighted by atomic mass is 79.9. The van der Waals surface area contributed by atoms with Crippen LogP contribution in [0.25, 0.3) is 0 Å². The molecule has 122 valence electrons. The Morgan fingerprint density at radius 1 is 1.17 bits per heavy atom. The fourth-order valence-corrected chi connectivity index (χ4v) is 2.48. The zero-order valence-electron chi connectivity index (χ0n) is 12.5. The van der Waals surface area contributed by atoms with Crippen LogP contribution in [0.5, 0.6) is 5.75 Å². The standard InChI is InChI=1S/C17H16BrF2NO2/c1-21(11-13-4-2-3-5-15(13)18)16(22)10-12-6-8-14(9-7-12)23-17(19)20/h2-9,17H,10-11H2,1H3. The first-order chi connectivity index (χ1) is 11.0. The van der Waals surface area contributed by atoms with Gasteiger partial charge < -0.3 is 9.64 Å². The van der Waals surface area contributed by atoms with Crippen LogP contribution in [-0.2, 0) is 17.8 Å². The average Bonchev–Trinajstić information content (AvgIpc) is 2.51. The van der Waals surface area contributed by atoms with Gasteiger partial charge in [0.25, 0.3) is 0 Å². The zero-order chi connectivity index (χ0) is 16.8. The largest absolute Gasteiger partial charge is 0.435 e. The smallest absolute Gasteiger partial charge is 0.387 e. The Labute approximate surface area is 142 Å². The summed E-state index contributed by atoms with van der Waals surface area (Å²) >= 11 is 3.46. The number of hydrogen-bond donors (Lipinski definition) is 0. The molecule has 0 saturated carbocycles. The van der Waals surface area contributed by atoms with Crippen molar-refractivity contribution in [1.29, 1.82) is 0 Å². The predicted molar refractivity (Wildman–Crippen MR) is 87.4 cm³/mol. The number of carbonyl (C=O) groups is 1.